The normalized spacial score (nSPS) is 27.0. The first kappa shape index (κ1) is 14.5. The van der Waals surface area contributed by atoms with Gasteiger partial charge in [-0.15, -0.1) is 0 Å². The van der Waals surface area contributed by atoms with Gasteiger partial charge in [-0.1, -0.05) is 6.92 Å². The van der Waals surface area contributed by atoms with Crippen LogP contribution in [0.15, 0.2) is 22.8 Å². The zero-order valence-electron chi connectivity index (χ0n) is 11.2. The van der Waals surface area contributed by atoms with Crippen molar-refractivity contribution in [2.24, 2.45) is 17.1 Å². The lowest BCUT2D eigenvalue weighted by Gasteiger charge is -2.37. The van der Waals surface area contributed by atoms with E-state index in [0.717, 1.165) is 30.2 Å². The molecule has 1 aromatic heterocycles. The Morgan fingerprint density at radius 3 is 2.84 bits per heavy atom. The van der Waals surface area contributed by atoms with Gasteiger partial charge in [0.05, 0.1) is 9.89 Å². The van der Waals surface area contributed by atoms with Gasteiger partial charge < -0.3 is 11.1 Å². The molecule has 1 saturated carbocycles. The molecular formula is C14H20BrN3O. The van der Waals surface area contributed by atoms with Crippen molar-refractivity contribution in [3.05, 3.63) is 22.8 Å². The van der Waals surface area contributed by atoms with Gasteiger partial charge in [0.15, 0.2) is 0 Å². The Hall–Kier alpha value is -0.940. The molecular weight excluding hydrogens is 306 g/mol. The van der Waals surface area contributed by atoms with Crippen molar-refractivity contribution in [2.45, 2.75) is 32.6 Å². The Morgan fingerprint density at radius 1 is 1.58 bits per heavy atom. The van der Waals surface area contributed by atoms with Crippen LogP contribution in [0.2, 0.25) is 0 Å². The van der Waals surface area contributed by atoms with Crippen molar-refractivity contribution in [3.8, 4) is 0 Å². The van der Waals surface area contributed by atoms with E-state index in [-0.39, 0.29) is 5.91 Å². The second-order valence-electron chi connectivity index (χ2n) is 5.45. The number of carbonyl (C=O) groups is 1. The van der Waals surface area contributed by atoms with Crippen molar-refractivity contribution < 1.29 is 4.79 Å². The first-order valence-corrected chi connectivity index (χ1v) is 7.49. The minimum atomic E-state index is -0.427. The molecule has 1 amide bonds. The van der Waals surface area contributed by atoms with E-state index in [1.807, 2.05) is 12.1 Å². The first-order chi connectivity index (χ1) is 9.07. The summed E-state index contributed by atoms with van der Waals surface area (Å²) in [5.41, 5.74) is 5.46. The van der Waals surface area contributed by atoms with Crippen LogP contribution in [0.3, 0.4) is 0 Å². The van der Waals surface area contributed by atoms with Crippen molar-refractivity contribution >= 4 is 27.7 Å². The molecule has 0 atom stereocenters. The third-order valence-electron chi connectivity index (χ3n) is 4.09. The van der Waals surface area contributed by atoms with Crippen LogP contribution in [0.1, 0.15) is 32.6 Å². The fraction of sp³-hybridized carbons (Fsp3) is 0.571. The average molecular weight is 326 g/mol. The highest BCUT2D eigenvalue weighted by molar-refractivity contribution is 9.10. The summed E-state index contributed by atoms with van der Waals surface area (Å²) in [6.07, 6.45) is 5.52. The summed E-state index contributed by atoms with van der Waals surface area (Å²) < 4.78 is 0.791. The Labute approximate surface area is 122 Å². The lowest BCUT2D eigenvalue weighted by atomic mass is 9.70. The van der Waals surface area contributed by atoms with E-state index in [9.17, 15) is 4.79 Å². The molecule has 19 heavy (non-hydrogen) atoms. The molecule has 3 N–H and O–H groups in total. The summed E-state index contributed by atoms with van der Waals surface area (Å²) in [4.78, 5) is 16.7. The first-order valence-electron chi connectivity index (χ1n) is 6.69. The monoisotopic (exact) mass is 325 g/mol. The third kappa shape index (κ3) is 3.15. The molecule has 0 aliphatic heterocycles. The molecule has 1 aromatic rings. The van der Waals surface area contributed by atoms with Crippen LogP contribution in [0.25, 0.3) is 0 Å². The predicted molar refractivity (Wildman–Crippen MR) is 79.7 cm³/mol. The Morgan fingerprint density at radius 2 is 2.26 bits per heavy atom. The van der Waals surface area contributed by atoms with Gasteiger partial charge in [-0.25, -0.2) is 4.98 Å². The molecule has 0 bridgehead atoms. The Kier molecular flexibility index (Phi) is 4.58. The van der Waals surface area contributed by atoms with Gasteiger partial charge in [0, 0.05) is 12.7 Å². The minimum Gasteiger partial charge on any atom is -0.329 e. The van der Waals surface area contributed by atoms with Gasteiger partial charge in [-0.3, -0.25) is 4.79 Å². The highest BCUT2D eigenvalue weighted by Gasteiger charge is 2.40. The highest BCUT2D eigenvalue weighted by Crippen LogP contribution is 2.39. The van der Waals surface area contributed by atoms with Crippen LogP contribution in [0.4, 0.5) is 5.82 Å². The Bertz CT molecular complexity index is 456. The molecule has 1 fully saturated rings. The van der Waals surface area contributed by atoms with E-state index in [0.29, 0.717) is 18.3 Å². The fourth-order valence-corrected chi connectivity index (χ4v) is 2.91. The zero-order chi connectivity index (χ0) is 13.9. The topological polar surface area (TPSA) is 68.0 Å². The smallest absolute Gasteiger partial charge is 0.233 e. The van der Waals surface area contributed by atoms with E-state index >= 15 is 0 Å². The van der Waals surface area contributed by atoms with Gasteiger partial charge in [0.2, 0.25) is 5.91 Å². The number of halogens is 1. The molecule has 0 spiro atoms. The molecule has 0 radical (unpaired) electrons. The second-order valence-corrected chi connectivity index (χ2v) is 6.31. The van der Waals surface area contributed by atoms with Crippen LogP contribution in [0, 0.1) is 11.3 Å². The maximum absolute atomic E-state index is 12.5. The van der Waals surface area contributed by atoms with Crippen LogP contribution < -0.4 is 11.1 Å². The van der Waals surface area contributed by atoms with Gasteiger partial charge in [0.1, 0.15) is 5.82 Å². The molecule has 1 heterocycles. The molecule has 4 nitrogen and oxygen atoms in total. The standard InChI is InChI=1S/C14H20BrN3O/c1-10-4-6-14(9-16,7-5-10)13(19)18-12-11(15)3-2-8-17-12/h2-3,8,10H,4-7,9,16H2,1H3,(H,17,18,19). The van der Waals surface area contributed by atoms with E-state index in [4.69, 9.17) is 5.73 Å². The number of nitrogens with one attached hydrogen (secondary N) is 1. The molecule has 0 aromatic carbocycles. The predicted octanol–water partition coefficient (Wildman–Crippen LogP) is 2.94. The molecule has 2 rings (SSSR count). The largest absolute Gasteiger partial charge is 0.329 e. The lowest BCUT2D eigenvalue weighted by Crippen LogP contribution is -2.45. The number of rotatable bonds is 3. The number of aromatic nitrogens is 1. The van der Waals surface area contributed by atoms with E-state index in [1.54, 1.807) is 6.20 Å². The van der Waals surface area contributed by atoms with E-state index < -0.39 is 5.41 Å². The lowest BCUT2D eigenvalue weighted by molar-refractivity contribution is -0.127. The van der Waals surface area contributed by atoms with Gasteiger partial charge in [-0.2, -0.15) is 0 Å². The number of hydrogen-bond acceptors (Lipinski definition) is 3. The minimum absolute atomic E-state index is 0.00120. The summed E-state index contributed by atoms with van der Waals surface area (Å²) in [7, 11) is 0. The maximum atomic E-state index is 12.5. The quantitative estimate of drug-likeness (QED) is 0.897. The van der Waals surface area contributed by atoms with Crippen molar-refractivity contribution in [1.29, 1.82) is 0 Å². The molecule has 104 valence electrons. The third-order valence-corrected chi connectivity index (χ3v) is 4.73. The maximum Gasteiger partial charge on any atom is 0.233 e. The van der Waals surface area contributed by atoms with Gasteiger partial charge in [0.25, 0.3) is 0 Å². The summed E-state index contributed by atoms with van der Waals surface area (Å²) in [5.74, 6) is 1.26. The van der Waals surface area contributed by atoms with Crippen LogP contribution in [0.5, 0.6) is 0 Å². The fourth-order valence-electron chi connectivity index (χ4n) is 2.56. The number of amides is 1. The number of pyridine rings is 1. The molecule has 5 heteroatoms. The molecule has 1 aliphatic carbocycles. The second kappa shape index (κ2) is 6.01. The zero-order valence-corrected chi connectivity index (χ0v) is 12.7. The summed E-state index contributed by atoms with van der Waals surface area (Å²) in [5, 5.41) is 2.91. The summed E-state index contributed by atoms with van der Waals surface area (Å²) in [6.45, 7) is 2.63. The Balaban J connectivity index is 2.12. The van der Waals surface area contributed by atoms with Gasteiger partial charge in [-0.05, 0) is 59.7 Å². The molecule has 0 saturated heterocycles. The number of hydrogen-bond donors (Lipinski definition) is 2. The van der Waals surface area contributed by atoms with E-state index in [1.165, 1.54) is 0 Å². The highest BCUT2D eigenvalue weighted by atomic mass is 79.9. The van der Waals surface area contributed by atoms with Gasteiger partial charge >= 0.3 is 0 Å². The van der Waals surface area contributed by atoms with Crippen LogP contribution in [-0.2, 0) is 4.79 Å². The van der Waals surface area contributed by atoms with Crippen molar-refractivity contribution in [1.82, 2.24) is 4.98 Å². The average Bonchev–Trinajstić information content (AvgIpc) is 2.42. The molecule has 1 aliphatic rings. The molecule has 0 unspecified atom stereocenters. The summed E-state index contributed by atoms with van der Waals surface area (Å²) >= 11 is 3.39. The van der Waals surface area contributed by atoms with Crippen LogP contribution >= 0.6 is 15.9 Å². The van der Waals surface area contributed by atoms with Crippen molar-refractivity contribution in [2.75, 3.05) is 11.9 Å². The number of nitrogens with zero attached hydrogens (tertiary/aromatic N) is 1. The summed E-state index contributed by atoms with van der Waals surface area (Å²) in [6, 6.07) is 3.68. The van der Waals surface area contributed by atoms with Crippen molar-refractivity contribution in [3.63, 3.8) is 0 Å². The van der Waals surface area contributed by atoms with Crippen LogP contribution in [-0.4, -0.2) is 17.4 Å². The number of nitrogens with two attached hydrogens (primary N) is 1. The number of carbonyl (C=O) groups excluding carboxylic acids is 1. The number of anilines is 1. The SMILES string of the molecule is CC1CCC(CN)(C(=O)Nc2ncccc2Br)CC1. The van der Waals surface area contributed by atoms with E-state index in [2.05, 4.69) is 33.2 Å².